The fourth-order valence-electron chi connectivity index (χ4n) is 2.04. The van der Waals surface area contributed by atoms with Crippen LogP contribution < -0.4 is 0 Å². The minimum Gasteiger partial charge on any atom is -0.288 e. The van der Waals surface area contributed by atoms with Crippen LogP contribution in [-0.2, 0) is 6.54 Å². The molecule has 0 aliphatic rings. The molecule has 0 aliphatic carbocycles. The highest BCUT2D eigenvalue weighted by Crippen LogP contribution is 2.14. The predicted octanol–water partition coefficient (Wildman–Crippen LogP) is 4.51. The normalized spacial score (nSPS) is 11.2. The fourth-order valence-corrected chi connectivity index (χ4v) is 2.16. The average Bonchev–Trinajstić information content (AvgIpc) is 2.49. The fraction of sp³-hybridized carbons (Fsp3) is 0.0588. The molecule has 0 N–H and O–H groups in total. The van der Waals surface area contributed by atoms with Crippen molar-refractivity contribution in [1.82, 2.24) is 4.98 Å². The average molecular weight is 281 g/mol. The summed E-state index contributed by atoms with van der Waals surface area (Å²) in [6, 6.07) is 18.3. The molecule has 1 heterocycles. The molecule has 0 aliphatic heterocycles. The van der Waals surface area contributed by atoms with Gasteiger partial charge in [0.25, 0.3) is 0 Å². The molecule has 0 saturated carbocycles. The predicted molar refractivity (Wildman–Crippen MR) is 84.5 cm³/mol. The minimum atomic E-state index is 0.507. The van der Waals surface area contributed by atoms with Gasteiger partial charge in [-0.1, -0.05) is 54.1 Å². The van der Waals surface area contributed by atoms with E-state index in [4.69, 9.17) is 11.6 Å². The first kappa shape index (κ1) is 12.8. The minimum absolute atomic E-state index is 0.507. The van der Waals surface area contributed by atoms with Gasteiger partial charge < -0.3 is 0 Å². The number of rotatable bonds is 3. The lowest BCUT2D eigenvalue weighted by molar-refractivity contribution is 1.05. The van der Waals surface area contributed by atoms with Crippen LogP contribution in [-0.4, -0.2) is 11.2 Å². The Labute approximate surface area is 122 Å². The van der Waals surface area contributed by atoms with Crippen molar-refractivity contribution in [2.75, 3.05) is 0 Å². The van der Waals surface area contributed by atoms with Crippen molar-refractivity contribution < 1.29 is 0 Å². The van der Waals surface area contributed by atoms with E-state index in [2.05, 4.69) is 40.3 Å². The molecular weight excluding hydrogens is 268 g/mol. The smallest absolute Gasteiger partial charge is 0.129 e. The Hall–Kier alpha value is -2.19. The molecule has 98 valence electrons. The van der Waals surface area contributed by atoms with Crippen LogP contribution in [0.3, 0.4) is 0 Å². The maximum absolute atomic E-state index is 5.75. The van der Waals surface area contributed by atoms with E-state index in [0.29, 0.717) is 11.7 Å². The van der Waals surface area contributed by atoms with Gasteiger partial charge in [-0.25, -0.2) is 4.98 Å². The molecule has 3 rings (SSSR count). The van der Waals surface area contributed by atoms with Gasteiger partial charge in [-0.2, -0.15) is 0 Å². The van der Waals surface area contributed by atoms with E-state index in [1.807, 2.05) is 24.4 Å². The van der Waals surface area contributed by atoms with Crippen molar-refractivity contribution in [3.05, 3.63) is 77.1 Å². The summed E-state index contributed by atoms with van der Waals surface area (Å²) in [6.07, 6.45) is 3.64. The van der Waals surface area contributed by atoms with Crippen LogP contribution in [0.2, 0.25) is 5.15 Å². The Morgan fingerprint density at radius 3 is 2.65 bits per heavy atom. The molecule has 3 heteroatoms. The number of aliphatic imine (C=N–C) groups is 1. The van der Waals surface area contributed by atoms with Crippen molar-refractivity contribution in [2.45, 2.75) is 6.54 Å². The number of nitrogens with zero attached hydrogens (tertiary/aromatic N) is 2. The lowest BCUT2D eigenvalue weighted by atomic mass is 10.1. The highest BCUT2D eigenvalue weighted by atomic mass is 35.5. The van der Waals surface area contributed by atoms with E-state index in [1.165, 1.54) is 10.8 Å². The zero-order chi connectivity index (χ0) is 13.8. The summed E-state index contributed by atoms with van der Waals surface area (Å²) in [5.41, 5.74) is 2.15. The number of fused-ring (bicyclic) bond motifs is 1. The molecule has 0 amide bonds. The Kier molecular flexibility index (Phi) is 3.75. The molecule has 0 radical (unpaired) electrons. The van der Waals surface area contributed by atoms with Crippen molar-refractivity contribution in [1.29, 1.82) is 0 Å². The molecule has 20 heavy (non-hydrogen) atoms. The number of benzene rings is 2. The van der Waals surface area contributed by atoms with Crippen LogP contribution in [0.4, 0.5) is 0 Å². The molecule has 0 atom stereocenters. The van der Waals surface area contributed by atoms with Gasteiger partial charge in [0.05, 0.1) is 6.54 Å². The third-order valence-corrected chi connectivity index (χ3v) is 3.30. The number of aromatic nitrogens is 1. The van der Waals surface area contributed by atoms with E-state index < -0.39 is 0 Å². The van der Waals surface area contributed by atoms with Gasteiger partial charge in [-0.15, -0.1) is 0 Å². The zero-order valence-corrected chi connectivity index (χ0v) is 11.6. The summed E-state index contributed by atoms with van der Waals surface area (Å²) in [6.45, 7) is 0.608. The van der Waals surface area contributed by atoms with E-state index in [-0.39, 0.29) is 0 Å². The first-order chi connectivity index (χ1) is 9.81. The van der Waals surface area contributed by atoms with Crippen molar-refractivity contribution >= 4 is 28.6 Å². The van der Waals surface area contributed by atoms with Crippen LogP contribution in [0.5, 0.6) is 0 Å². The van der Waals surface area contributed by atoms with E-state index >= 15 is 0 Å². The Balaban J connectivity index is 1.75. The van der Waals surface area contributed by atoms with Crippen LogP contribution in [0, 0.1) is 0 Å². The summed E-state index contributed by atoms with van der Waals surface area (Å²) in [5, 5.41) is 2.98. The molecular formula is C17H13ClN2. The molecule has 0 fully saturated rings. The number of halogens is 1. The summed E-state index contributed by atoms with van der Waals surface area (Å²) in [4.78, 5) is 8.48. The molecule has 2 nitrogen and oxygen atoms in total. The van der Waals surface area contributed by atoms with Crippen molar-refractivity contribution in [3.63, 3.8) is 0 Å². The quantitative estimate of drug-likeness (QED) is 0.512. The Morgan fingerprint density at radius 1 is 1.00 bits per heavy atom. The number of pyridine rings is 1. The molecule has 0 spiro atoms. The van der Waals surface area contributed by atoms with Crippen molar-refractivity contribution in [3.8, 4) is 0 Å². The van der Waals surface area contributed by atoms with Gasteiger partial charge in [0, 0.05) is 12.4 Å². The molecule has 0 unspecified atom stereocenters. The third-order valence-electron chi connectivity index (χ3n) is 3.08. The highest BCUT2D eigenvalue weighted by molar-refractivity contribution is 6.29. The first-order valence-corrected chi connectivity index (χ1v) is 6.78. The SMILES string of the molecule is Clc1ccc(CN=Cc2ccc3ccccc3c2)cn1. The standard InChI is InChI=1S/C17H13ClN2/c18-17-8-6-14(12-20-17)11-19-10-13-5-7-15-3-1-2-4-16(15)9-13/h1-10,12H,11H2. The van der Waals surface area contributed by atoms with Crippen LogP contribution in [0.1, 0.15) is 11.1 Å². The highest BCUT2D eigenvalue weighted by Gasteiger charge is 1.94. The number of hydrogen-bond donors (Lipinski definition) is 0. The Morgan fingerprint density at radius 2 is 1.85 bits per heavy atom. The lowest BCUT2D eigenvalue weighted by Gasteiger charge is -1.99. The van der Waals surface area contributed by atoms with Crippen LogP contribution in [0.25, 0.3) is 10.8 Å². The second-order valence-electron chi connectivity index (χ2n) is 4.57. The maximum Gasteiger partial charge on any atom is 0.129 e. The van der Waals surface area contributed by atoms with Crippen LogP contribution >= 0.6 is 11.6 Å². The van der Waals surface area contributed by atoms with Crippen LogP contribution in [0.15, 0.2) is 65.8 Å². The molecule has 2 aromatic carbocycles. The van der Waals surface area contributed by atoms with E-state index in [0.717, 1.165) is 11.1 Å². The maximum atomic E-state index is 5.75. The topological polar surface area (TPSA) is 25.2 Å². The van der Waals surface area contributed by atoms with Gasteiger partial charge in [0.15, 0.2) is 0 Å². The summed E-state index contributed by atoms with van der Waals surface area (Å²) in [7, 11) is 0. The van der Waals surface area contributed by atoms with Gasteiger partial charge in [-0.3, -0.25) is 4.99 Å². The van der Waals surface area contributed by atoms with E-state index in [1.54, 1.807) is 12.3 Å². The van der Waals surface area contributed by atoms with Gasteiger partial charge in [0.2, 0.25) is 0 Å². The Bertz CT molecular complexity index is 748. The molecule has 1 aromatic heterocycles. The third kappa shape index (κ3) is 3.03. The monoisotopic (exact) mass is 280 g/mol. The largest absolute Gasteiger partial charge is 0.288 e. The second kappa shape index (κ2) is 5.85. The summed E-state index contributed by atoms with van der Waals surface area (Å²) in [5.74, 6) is 0. The number of hydrogen-bond acceptors (Lipinski definition) is 2. The van der Waals surface area contributed by atoms with E-state index in [9.17, 15) is 0 Å². The molecule has 0 bridgehead atoms. The van der Waals surface area contributed by atoms with Crippen molar-refractivity contribution in [2.24, 2.45) is 4.99 Å². The molecule has 0 saturated heterocycles. The zero-order valence-electron chi connectivity index (χ0n) is 10.8. The second-order valence-corrected chi connectivity index (χ2v) is 4.95. The van der Waals surface area contributed by atoms with Gasteiger partial charge in [0.1, 0.15) is 5.15 Å². The van der Waals surface area contributed by atoms with Gasteiger partial charge >= 0.3 is 0 Å². The van der Waals surface area contributed by atoms with Gasteiger partial charge in [-0.05, 0) is 34.0 Å². The first-order valence-electron chi connectivity index (χ1n) is 6.40. The molecule has 3 aromatic rings. The lowest BCUT2D eigenvalue weighted by Crippen LogP contribution is -1.86. The summed E-state index contributed by atoms with van der Waals surface area (Å²) < 4.78 is 0. The summed E-state index contributed by atoms with van der Waals surface area (Å²) >= 11 is 5.75.